The minimum atomic E-state index is -0.217. The number of nitrogens with zero attached hydrogens (tertiary/aromatic N) is 2. The van der Waals surface area contributed by atoms with Crippen molar-refractivity contribution in [2.24, 2.45) is 17.8 Å². The molecule has 1 aliphatic carbocycles. The van der Waals surface area contributed by atoms with Crippen LogP contribution >= 0.6 is 23.2 Å². The number of halogens is 2. The molecule has 6 atom stereocenters. The highest BCUT2D eigenvalue weighted by Crippen LogP contribution is 2.65. The number of aromatic nitrogens is 2. The number of pyridine rings is 2. The fraction of sp³-hybridized carbons (Fsp3) is 0.389. The number of ether oxygens (including phenoxy) is 1. The van der Waals surface area contributed by atoms with E-state index in [1.807, 2.05) is 12.1 Å². The zero-order valence-electron chi connectivity index (χ0n) is 13.1. The van der Waals surface area contributed by atoms with Gasteiger partial charge in [0.1, 0.15) is 5.15 Å². The molecule has 2 aromatic rings. The van der Waals surface area contributed by atoms with E-state index in [9.17, 15) is 4.79 Å². The number of nitrogens with one attached hydrogen (secondary N) is 1. The van der Waals surface area contributed by atoms with Gasteiger partial charge in [0.05, 0.1) is 35.0 Å². The van der Waals surface area contributed by atoms with Crippen LogP contribution in [0.25, 0.3) is 0 Å². The Hall–Kier alpha value is -1.69. The SMILES string of the molecule is O=C(Nc1cnc(Cl)c(Cl)c1)[C@H]1[C@H]2O[C@H](C3C[C@@H]32)[C@H]1c1ccncc1. The van der Waals surface area contributed by atoms with Crippen LogP contribution < -0.4 is 5.32 Å². The van der Waals surface area contributed by atoms with Crippen molar-refractivity contribution in [2.75, 3.05) is 5.32 Å². The first-order valence-corrected chi connectivity index (χ1v) is 9.06. The van der Waals surface area contributed by atoms with E-state index in [0.29, 0.717) is 22.5 Å². The first kappa shape index (κ1) is 15.6. The second-order valence-electron chi connectivity index (χ2n) is 6.95. The van der Waals surface area contributed by atoms with Crippen molar-refractivity contribution in [3.05, 3.63) is 52.5 Å². The van der Waals surface area contributed by atoms with Crippen LogP contribution in [0.3, 0.4) is 0 Å². The molecular weight excluding hydrogens is 361 g/mol. The summed E-state index contributed by atoms with van der Waals surface area (Å²) >= 11 is 11.8. The third-order valence-corrected chi connectivity index (χ3v) is 6.29. The maximum Gasteiger partial charge on any atom is 0.230 e. The summed E-state index contributed by atoms with van der Waals surface area (Å²) < 4.78 is 6.17. The van der Waals surface area contributed by atoms with E-state index in [2.05, 4.69) is 15.3 Å². The van der Waals surface area contributed by atoms with Gasteiger partial charge >= 0.3 is 0 Å². The fourth-order valence-corrected chi connectivity index (χ4v) is 4.76. The Morgan fingerprint density at radius 1 is 1.20 bits per heavy atom. The van der Waals surface area contributed by atoms with Gasteiger partial charge in [-0.2, -0.15) is 0 Å². The molecule has 1 saturated carbocycles. The molecule has 1 amide bonds. The molecule has 3 aliphatic rings. The lowest BCUT2D eigenvalue weighted by Crippen LogP contribution is -2.37. The van der Waals surface area contributed by atoms with E-state index in [4.69, 9.17) is 27.9 Å². The number of amides is 1. The summed E-state index contributed by atoms with van der Waals surface area (Å²) in [6.07, 6.45) is 6.33. The van der Waals surface area contributed by atoms with E-state index < -0.39 is 0 Å². The highest BCUT2D eigenvalue weighted by Gasteiger charge is 2.68. The molecule has 0 spiro atoms. The predicted molar refractivity (Wildman–Crippen MR) is 93.6 cm³/mol. The third kappa shape index (κ3) is 2.45. The maximum atomic E-state index is 13.0. The van der Waals surface area contributed by atoms with E-state index >= 15 is 0 Å². The fourth-order valence-electron chi connectivity index (χ4n) is 4.50. The highest BCUT2D eigenvalue weighted by molar-refractivity contribution is 6.41. The van der Waals surface area contributed by atoms with Crippen LogP contribution in [0.2, 0.25) is 10.2 Å². The van der Waals surface area contributed by atoms with Gasteiger partial charge in [0.25, 0.3) is 0 Å². The van der Waals surface area contributed by atoms with Crippen LogP contribution in [0, 0.1) is 17.8 Å². The number of hydrogen-bond donors (Lipinski definition) is 1. The monoisotopic (exact) mass is 375 g/mol. The maximum absolute atomic E-state index is 13.0. The lowest BCUT2D eigenvalue weighted by Gasteiger charge is -2.27. The zero-order valence-corrected chi connectivity index (χ0v) is 14.6. The number of hydrogen-bond acceptors (Lipinski definition) is 4. The molecule has 2 saturated heterocycles. The molecule has 2 bridgehead atoms. The summed E-state index contributed by atoms with van der Waals surface area (Å²) in [4.78, 5) is 21.1. The summed E-state index contributed by atoms with van der Waals surface area (Å²) in [6.45, 7) is 0. The van der Waals surface area contributed by atoms with Gasteiger partial charge in [-0.15, -0.1) is 0 Å². The Balaban J connectivity index is 1.44. The Bertz CT molecular complexity index is 847. The van der Waals surface area contributed by atoms with Crippen LogP contribution in [0.15, 0.2) is 36.8 Å². The van der Waals surface area contributed by atoms with Gasteiger partial charge < -0.3 is 10.1 Å². The van der Waals surface area contributed by atoms with Crippen molar-refractivity contribution in [1.29, 1.82) is 0 Å². The van der Waals surface area contributed by atoms with Crippen LogP contribution in [-0.2, 0) is 9.53 Å². The molecule has 5 nitrogen and oxygen atoms in total. The lowest BCUT2D eigenvalue weighted by atomic mass is 9.75. The molecule has 1 unspecified atom stereocenters. The summed E-state index contributed by atoms with van der Waals surface area (Å²) in [5.41, 5.74) is 1.66. The molecule has 2 aliphatic heterocycles. The Labute approximate surface area is 154 Å². The van der Waals surface area contributed by atoms with Crippen LogP contribution in [0.1, 0.15) is 17.9 Å². The van der Waals surface area contributed by atoms with Crippen molar-refractivity contribution < 1.29 is 9.53 Å². The van der Waals surface area contributed by atoms with Gasteiger partial charge in [0.2, 0.25) is 5.91 Å². The van der Waals surface area contributed by atoms with Crippen molar-refractivity contribution in [3.8, 4) is 0 Å². The first-order valence-electron chi connectivity index (χ1n) is 8.31. The Morgan fingerprint density at radius 3 is 2.72 bits per heavy atom. The lowest BCUT2D eigenvalue weighted by molar-refractivity contribution is -0.122. The normalized spacial score (nSPS) is 34.6. The molecule has 5 rings (SSSR count). The minimum Gasteiger partial charge on any atom is -0.373 e. The summed E-state index contributed by atoms with van der Waals surface area (Å²) in [7, 11) is 0. The van der Waals surface area contributed by atoms with E-state index in [0.717, 1.165) is 12.0 Å². The van der Waals surface area contributed by atoms with Gasteiger partial charge in [0, 0.05) is 18.3 Å². The molecule has 4 heterocycles. The van der Waals surface area contributed by atoms with E-state index in [1.54, 1.807) is 18.5 Å². The molecule has 2 aromatic heterocycles. The zero-order chi connectivity index (χ0) is 17.1. The van der Waals surface area contributed by atoms with Crippen molar-refractivity contribution in [2.45, 2.75) is 24.5 Å². The Kier molecular flexibility index (Phi) is 3.52. The van der Waals surface area contributed by atoms with Gasteiger partial charge in [-0.25, -0.2) is 4.98 Å². The second kappa shape index (κ2) is 5.66. The van der Waals surface area contributed by atoms with Crippen molar-refractivity contribution in [3.63, 3.8) is 0 Å². The van der Waals surface area contributed by atoms with Crippen LogP contribution in [-0.4, -0.2) is 28.1 Å². The first-order chi connectivity index (χ1) is 12.1. The van der Waals surface area contributed by atoms with Gasteiger partial charge in [-0.3, -0.25) is 9.78 Å². The quantitative estimate of drug-likeness (QED) is 0.833. The number of anilines is 1. The molecule has 1 N–H and O–H groups in total. The van der Waals surface area contributed by atoms with E-state index in [-0.39, 0.29) is 35.1 Å². The number of carbonyl (C=O) groups is 1. The number of carbonyl (C=O) groups excluding carboxylic acids is 1. The van der Waals surface area contributed by atoms with Crippen molar-refractivity contribution >= 4 is 34.8 Å². The molecule has 25 heavy (non-hydrogen) atoms. The topological polar surface area (TPSA) is 64.1 Å². The largest absolute Gasteiger partial charge is 0.373 e. The number of fused-ring (bicyclic) bond motifs is 5. The van der Waals surface area contributed by atoms with Gasteiger partial charge in [0.15, 0.2) is 0 Å². The molecule has 0 radical (unpaired) electrons. The van der Waals surface area contributed by atoms with E-state index in [1.165, 1.54) is 6.20 Å². The summed E-state index contributed by atoms with van der Waals surface area (Å²) in [6, 6.07) is 5.57. The third-order valence-electron chi connectivity index (χ3n) is 5.60. The average molecular weight is 376 g/mol. The standard InChI is InChI=1S/C18H15Cl2N3O2/c19-12-5-9(7-22-17(12)20)23-18(24)14-13(8-1-3-21-4-2-8)15-10-6-11(10)16(14)25-15/h1-5,7,10-11,13-16H,6H2,(H,23,24)/t10?,11-,13-,14+,15+,16-/m0/s1. The molecular formula is C18H15Cl2N3O2. The predicted octanol–water partition coefficient (Wildman–Crippen LogP) is 3.54. The average Bonchev–Trinajstić information content (AvgIpc) is 3.23. The van der Waals surface area contributed by atoms with Crippen LogP contribution in [0.4, 0.5) is 5.69 Å². The highest BCUT2D eigenvalue weighted by atomic mass is 35.5. The Morgan fingerprint density at radius 2 is 1.96 bits per heavy atom. The summed E-state index contributed by atoms with van der Waals surface area (Å²) in [5.74, 6) is 0.905. The summed E-state index contributed by atoms with van der Waals surface area (Å²) in [5, 5.41) is 3.47. The second-order valence-corrected chi connectivity index (χ2v) is 7.71. The van der Waals surface area contributed by atoms with Crippen molar-refractivity contribution in [1.82, 2.24) is 9.97 Å². The molecule has 128 valence electrons. The van der Waals surface area contributed by atoms with Crippen LogP contribution in [0.5, 0.6) is 0 Å². The van der Waals surface area contributed by atoms with Gasteiger partial charge in [-0.05, 0) is 42.0 Å². The minimum absolute atomic E-state index is 0.0103. The molecule has 0 aromatic carbocycles. The molecule has 3 fully saturated rings. The van der Waals surface area contributed by atoms with Gasteiger partial charge in [-0.1, -0.05) is 23.2 Å². The smallest absolute Gasteiger partial charge is 0.230 e. The molecule has 7 heteroatoms. The number of rotatable bonds is 3.